The molecule has 0 saturated carbocycles. The molecule has 144 valence electrons. The van der Waals surface area contributed by atoms with Gasteiger partial charge in [0, 0.05) is 26.2 Å². The van der Waals surface area contributed by atoms with Crippen molar-refractivity contribution in [2.24, 2.45) is 0 Å². The molecule has 0 unspecified atom stereocenters. The molecule has 1 aromatic carbocycles. The lowest BCUT2D eigenvalue weighted by Gasteiger charge is -2.31. The van der Waals surface area contributed by atoms with E-state index < -0.39 is 9.84 Å². The average Bonchev–Trinajstić information content (AvgIpc) is 3.26. The maximum atomic E-state index is 13.0. The molecule has 0 bridgehead atoms. The molecule has 1 amide bonds. The molecular weight excluding hydrogens is 364 g/mol. The third-order valence-electron chi connectivity index (χ3n) is 5.37. The molecule has 7 nitrogen and oxygen atoms in total. The van der Waals surface area contributed by atoms with Crippen LogP contribution in [-0.2, 0) is 9.84 Å². The molecule has 8 heteroatoms. The van der Waals surface area contributed by atoms with Gasteiger partial charge in [-0.05, 0) is 25.1 Å². The third-order valence-corrected chi connectivity index (χ3v) is 7.12. The fourth-order valence-electron chi connectivity index (χ4n) is 3.74. The molecule has 2 aromatic rings. The first-order valence-electron chi connectivity index (χ1n) is 9.26. The Balaban J connectivity index is 1.68. The number of aromatic nitrogens is 2. The van der Waals surface area contributed by atoms with E-state index in [0.717, 1.165) is 24.3 Å². The van der Waals surface area contributed by atoms with Gasteiger partial charge in [0.2, 0.25) is 0 Å². The highest BCUT2D eigenvalue weighted by molar-refractivity contribution is 7.91. The summed E-state index contributed by atoms with van der Waals surface area (Å²) < 4.78 is 25.7. The number of piperazine rings is 1. The van der Waals surface area contributed by atoms with Gasteiger partial charge in [-0.25, -0.2) is 8.42 Å². The van der Waals surface area contributed by atoms with Crippen molar-refractivity contribution >= 4 is 15.7 Å². The topological polar surface area (TPSA) is 75.5 Å². The minimum absolute atomic E-state index is 0.0800. The number of sulfone groups is 1. The van der Waals surface area contributed by atoms with E-state index in [9.17, 15) is 13.2 Å². The van der Waals surface area contributed by atoms with Crippen LogP contribution in [0, 0.1) is 0 Å². The summed E-state index contributed by atoms with van der Waals surface area (Å²) in [5, 5.41) is 4.58. The Morgan fingerprint density at radius 3 is 2.44 bits per heavy atom. The number of benzene rings is 1. The molecule has 2 aliphatic rings. The first-order chi connectivity index (χ1) is 12.9. The van der Waals surface area contributed by atoms with Gasteiger partial charge in [0.25, 0.3) is 5.91 Å². The summed E-state index contributed by atoms with van der Waals surface area (Å²) in [6, 6.07) is 11.3. The molecule has 0 N–H and O–H groups in total. The van der Waals surface area contributed by atoms with E-state index in [1.54, 1.807) is 10.7 Å². The Bertz CT molecular complexity index is 931. The SMILES string of the molecule is CN1CCN(C(=O)c2cc(-c3ccccc3)n([C@@H]3CCS(=O)(=O)C3)n2)CC1. The number of carbonyl (C=O) groups excluding carboxylic acids is 1. The highest BCUT2D eigenvalue weighted by atomic mass is 32.2. The zero-order chi connectivity index (χ0) is 19.0. The minimum Gasteiger partial charge on any atom is -0.335 e. The Hall–Kier alpha value is -2.19. The lowest BCUT2D eigenvalue weighted by atomic mass is 10.1. The van der Waals surface area contributed by atoms with Crippen molar-refractivity contribution in [3.63, 3.8) is 0 Å². The van der Waals surface area contributed by atoms with Crippen LogP contribution in [0.5, 0.6) is 0 Å². The zero-order valence-corrected chi connectivity index (χ0v) is 16.2. The average molecular weight is 388 g/mol. The van der Waals surface area contributed by atoms with Crippen molar-refractivity contribution in [1.29, 1.82) is 0 Å². The minimum atomic E-state index is -3.04. The van der Waals surface area contributed by atoms with Crippen molar-refractivity contribution in [1.82, 2.24) is 19.6 Å². The van der Waals surface area contributed by atoms with Gasteiger partial charge in [0.15, 0.2) is 15.5 Å². The van der Waals surface area contributed by atoms with Crippen LogP contribution >= 0.6 is 0 Å². The Morgan fingerprint density at radius 2 is 1.81 bits per heavy atom. The number of likely N-dealkylation sites (N-methyl/N-ethyl adjacent to an activating group) is 1. The lowest BCUT2D eigenvalue weighted by molar-refractivity contribution is 0.0657. The molecule has 2 fully saturated rings. The normalized spacial score (nSPS) is 22.9. The second-order valence-electron chi connectivity index (χ2n) is 7.38. The highest BCUT2D eigenvalue weighted by Gasteiger charge is 2.33. The number of nitrogens with zero attached hydrogens (tertiary/aromatic N) is 4. The van der Waals surface area contributed by atoms with Crippen LogP contribution in [0.15, 0.2) is 36.4 Å². The van der Waals surface area contributed by atoms with E-state index in [-0.39, 0.29) is 23.5 Å². The molecule has 4 rings (SSSR count). The maximum absolute atomic E-state index is 13.0. The zero-order valence-electron chi connectivity index (χ0n) is 15.4. The fraction of sp³-hybridized carbons (Fsp3) is 0.474. The molecule has 2 aliphatic heterocycles. The molecule has 2 saturated heterocycles. The van der Waals surface area contributed by atoms with Gasteiger partial charge in [-0.3, -0.25) is 9.48 Å². The van der Waals surface area contributed by atoms with Gasteiger partial charge in [0.1, 0.15) is 0 Å². The summed E-state index contributed by atoms with van der Waals surface area (Å²) >= 11 is 0. The van der Waals surface area contributed by atoms with E-state index >= 15 is 0 Å². The highest BCUT2D eigenvalue weighted by Crippen LogP contribution is 2.30. The van der Waals surface area contributed by atoms with E-state index in [1.807, 2.05) is 42.3 Å². The maximum Gasteiger partial charge on any atom is 0.274 e. The van der Waals surface area contributed by atoms with Gasteiger partial charge in [-0.15, -0.1) is 0 Å². The number of hydrogen-bond acceptors (Lipinski definition) is 5. The molecule has 1 atom stereocenters. The van der Waals surface area contributed by atoms with Gasteiger partial charge in [0.05, 0.1) is 23.2 Å². The first-order valence-corrected chi connectivity index (χ1v) is 11.1. The van der Waals surface area contributed by atoms with Crippen LogP contribution in [0.3, 0.4) is 0 Å². The van der Waals surface area contributed by atoms with Crippen LogP contribution in [0.2, 0.25) is 0 Å². The molecule has 0 spiro atoms. The van der Waals surface area contributed by atoms with Crippen molar-refractivity contribution in [2.45, 2.75) is 12.5 Å². The molecule has 0 radical (unpaired) electrons. The smallest absolute Gasteiger partial charge is 0.274 e. The summed E-state index contributed by atoms with van der Waals surface area (Å²) in [7, 11) is -0.996. The van der Waals surface area contributed by atoms with E-state index in [1.165, 1.54) is 0 Å². The standard InChI is InChI=1S/C19H24N4O3S/c1-21-8-10-22(11-9-21)19(24)17-13-18(15-5-3-2-4-6-15)23(20-17)16-7-12-27(25,26)14-16/h2-6,13,16H,7-12,14H2,1H3/t16-/m1/s1. The number of amides is 1. The summed E-state index contributed by atoms with van der Waals surface area (Å²) in [6.45, 7) is 3.05. The van der Waals surface area contributed by atoms with Crippen LogP contribution < -0.4 is 0 Å². The second-order valence-corrected chi connectivity index (χ2v) is 9.61. The fourth-order valence-corrected chi connectivity index (χ4v) is 5.43. The lowest BCUT2D eigenvalue weighted by Crippen LogP contribution is -2.47. The van der Waals surface area contributed by atoms with Gasteiger partial charge >= 0.3 is 0 Å². The Morgan fingerprint density at radius 1 is 1.11 bits per heavy atom. The molecule has 1 aromatic heterocycles. The second kappa shape index (κ2) is 7.09. The third kappa shape index (κ3) is 3.77. The van der Waals surface area contributed by atoms with E-state index in [0.29, 0.717) is 25.2 Å². The van der Waals surface area contributed by atoms with Crippen LogP contribution in [0.4, 0.5) is 0 Å². The van der Waals surface area contributed by atoms with Crippen LogP contribution in [0.1, 0.15) is 23.0 Å². The summed E-state index contributed by atoms with van der Waals surface area (Å²) in [5.41, 5.74) is 2.13. The Kier molecular flexibility index (Phi) is 4.77. The van der Waals surface area contributed by atoms with Crippen molar-refractivity contribution in [3.05, 3.63) is 42.1 Å². The summed E-state index contributed by atoms with van der Waals surface area (Å²) in [4.78, 5) is 17.0. The van der Waals surface area contributed by atoms with Gasteiger partial charge < -0.3 is 9.80 Å². The van der Waals surface area contributed by atoms with E-state index in [4.69, 9.17) is 0 Å². The number of carbonyl (C=O) groups is 1. The van der Waals surface area contributed by atoms with E-state index in [2.05, 4.69) is 10.00 Å². The molecule has 0 aliphatic carbocycles. The molecule has 3 heterocycles. The van der Waals surface area contributed by atoms with Crippen LogP contribution in [0.25, 0.3) is 11.3 Å². The number of hydrogen-bond donors (Lipinski definition) is 0. The number of rotatable bonds is 3. The predicted molar refractivity (Wildman–Crippen MR) is 103 cm³/mol. The van der Waals surface area contributed by atoms with Crippen molar-refractivity contribution in [3.8, 4) is 11.3 Å². The monoisotopic (exact) mass is 388 g/mol. The molecular formula is C19H24N4O3S. The Labute approximate surface area is 159 Å². The predicted octanol–water partition coefficient (Wildman–Crippen LogP) is 1.30. The van der Waals surface area contributed by atoms with Gasteiger partial charge in [-0.2, -0.15) is 5.10 Å². The summed E-state index contributed by atoms with van der Waals surface area (Å²) in [5.74, 6) is 0.171. The van der Waals surface area contributed by atoms with Crippen molar-refractivity contribution < 1.29 is 13.2 Å². The van der Waals surface area contributed by atoms with Gasteiger partial charge in [-0.1, -0.05) is 30.3 Å². The molecule has 27 heavy (non-hydrogen) atoms. The summed E-state index contributed by atoms with van der Waals surface area (Å²) in [6.07, 6.45) is 0.534. The quantitative estimate of drug-likeness (QED) is 0.792. The van der Waals surface area contributed by atoms with Crippen LogP contribution in [-0.4, -0.2) is 78.6 Å². The van der Waals surface area contributed by atoms with Crippen molar-refractivity contribution in [2.75, 3.05) is 44.7 Å². The largest absolute Gasteiger partial charge is 0.335 e. The first kappa shape index (κ1) is 18.2.